The lowest BCUT2D eigenvalue weighted by Gasteiger charge is -2.18. The van der Waals surface area contributed by atoms with Gasteiger partial charge in [0.05, 0.1) is 6.61 Å². The fourth-order valence-electron chi connectivity index (χ4n) is 1.53. The Kier molecular flexibility index (Phi) is 8.07. The van der Waals surface area contributed by atoms with Crippen molar-refractivity contribution in [2.24, 2.45) is 5.92 Å². The van der Waals surface area contributed by atoms with E-state index in [1.165, 1.54) is 10.5 Å². The molecular formula is C15H24BrNOS. The highest BCUT2D eigenvalue weighted by Crippen LogP contribution is 2.32. The van der Waals surface area contributed by atoms with E-state index in [4.69, 9.17) is 4.74 Å². The van der Waals surface area contributed by atoms with Crippen LogP contribution >= 0.6 is 27.7 Å². The van der Waals surface area contributed by atoms with Crippen molar-refractivity contribution in [3.63, 3.8) is 0 Å². The van der Waals surface area contributed by atoms with Gasteiger partial charge < -0.3 is 10.1 Å². The number of hydrogen-bond acceptors (Lipinski definition) is 3. The first-order chi connectivity index (χ1) is 9.04. The van der Waals surface area contributed by atoms with Gasteiger partial charge in [0.25, 0.3) is 0 Å². The molecule has 1 unspecified atom stereocenters. The molecule has 2 nitrogen and oxygen atoms in total. The molecule has 1 aromatic carbocycles. The molecule has 1 aromatic rings. The van der Waals surface area contributed by atoms with Crippen LogP contribution in [0.1, 0.15) is 26.3 Å². The average molecular weight is 346 g/mol. The Morgan fingerprint density at radius 2 is 2.05 bits per heavy atom. The minimum absolute atomic E-state index is 0.624. The summed E-state index contributed by atoms with van der Waals surface area (Å²) >= 11 is 5.51. The highest BCUT2D eigenvalue weighted by molar-refractivity contribution is 9.10. The number of thioether (sulfide) groups is 1. The van der Waals surface area contributed by atoms with Crippen LogP contribution in [0.3, 0.4) is 0 Å². The summed E-state index contributed by atoms with van der Waals surface area (Å²) in [5, 5.41) is 4.04. The Bertz CT molecular complexity index is 384. The number of hydrogen-bond donors (Lipinski definition) is 1. The van der Waals surface area contributed by atoms with E-state index in [0.717, 1.165) is 24.2 Å². The zero-order chi connectivity index (χ0) is 14.3. The van der Waals surface area contributed by atoms with Gasteiger partial charge in [-0.25, -0.2) is 0 Å². The molecule has 0 saturated carbocycles. The van der Waals surface area contributed by atoms with E-state index in [1.807, 2.05) is 11.8 Å². The first kappa shape index (κ1) is 17.0. The summed E-state index contributed by atoms with van der Waals surface area (Å²) < 4.78 is 6.19. The summed E-state index contributed by atoms with van der Waals surface area (Å²) in [6, 6.07) is 6.53. The normalized spacial score (nSPS) is 12.9. The van der Waals surface area contributed by atoms with E-state index in [-0.39, 0.29) is 0 Å². The van der Waals surface area contributed by atoms with Gasteiger partial charge in [-0.3, -0.25) is 0 Å². The number of benzene rings is 1. The van der Waals surface area contributed by atoms with Crippen LogP contribution in [0.5, 0.6) is 0 Å². The van der Waals surface area contributed by atoms with Gasteiger partial charge in [0.2, 0.25) is 0 Å². The molecule has 1 atom stereocenters. The second-order valence-corrected chi connectivity index (χ2v) is 7.32. The first-order valence-electron chi connectivity index (χ1n) is 6.69. The maximum Gasteiger partial charge on any atom is 0.0587 e. The summed E-state index contributed by atoms with van der Waals surface area (Å²) in [6.45, 7) is 9.35. The summed E-state index contributed by atoms with van der Waals surface area (Å²) in [5.74, 6) is 0.683. The third-order valence-electron chi connectivity index (χ3n) is 3.07. The molecule has 0 heterocycles. The van der Waals surface area contributed by atoms with Crippen molar-refractivity contribution in [3.05, 3.63) is 28.2 Å². The Morgan fingerprint density at radius 3 is 2.68 bits per heavy atom. The molecule has 1 rings (SSSR count). The van der Waals surface area contributed by atoms with E-state index in [2.05, 4.69) is 60.2 Å². The molecule has 0 radical (unpaired) electrons. The lowest BCUT2D eigenvalue weighted by Crippen LogP contribution is -2.19. The molecule has 0 aliphatic rings. The molecule has 0 aromatic heterocycles. The van der Waals surface area contributed by atoms with Crippen LogP contribution in [-0.2, 0) is 11.3 Å². The average Bonchev–Trinajstić information content (AvgIpc) is 2.37. The molecule has 0 aliphatic heterocycles. The Balaban J connectivity index is 2.68. The predicted octanol–water partition coefficient (Wildman–Crippen LogP) is 4.32. The standard InChI is InChI=1S/C15H24BrNOS/c1-11(2)12(3)19-15-6-5-14(16)9-13(15)10-17-7-8-18-4/h5-6,9,11-12,17H,7-8,10H2,1-4H3. The van der Waals surface area contributed by atoms with E-state index in [9.17, 15) is 0 Å². The van der Waals surface area contributed by atoms with Crippen molar-refractivity contribution in [1.82, 2.24) is 5.32 Å². The molecule has 0 fully saturated rings. The highest BCUT2D eigenvalue weighted by atomic mass is 79.9. The zero-order valence-corrected chi connectivity index (χ0v) is 14.6. The largest absolute Gasteiger partial charge is 0.383 e. The number of nitrogens with one attached hydrogen (secondary N) is 1. The van der Waals surface area contributed by atoms with Crippen molar-refractivity contribution in [3.8, 4) is 0 Å². The lowest BCUT2D eigenvalue weighted by atomic mass is 10.2. The molecule has 4 heteroatoms. The molecule has 0 saturated heterocycles. The molecule has 0 spiro atoms. The molecule has 0 bridgehead atoms. The summed E-state index contributed by atoms with van der Waals surface area (Å²) in [4.78, 5) is 1.37. The van der Waals surface area contributed by atoms with Crippen molar-refractivity contribution in [2.45, 2.75) is 37.5 Å². The van der Waals surface area contributed by atoms with Gasteiger partial charge >= 0.3 is 0 Å². The molecule has 0 aliphatic carbocycles. The maximum absolute atomic E-state index is 5.05. The smallest absolute Gasteiger partial charge is 0.0587 e. The Morgan fingerprint density at radius 1 is 1.32 bits per heavy atom. The summed E-state index contributed by atoms with van der Waals surface area (Å²) in [6.07, 6.45) is 0. The van der Waals surface area contributed by atoms with Crippen LogP contribution in [0.15, 0.2) is 27.6 Å². The predicted molar refractivity (Wildman–Crippen MR) is 87.9 cm³/mol. The second-order valence-electron chi connectivity index (χ2n) is 4.99. The fraction of sp³-hybridized carbons (Fsp3) is 0.600. The van der Waals surface area contributed by atoms with Gasteiger partial charge in [0, 0.05) is 34.8 Å². The number of rotatable bonds is 8. The second kappa shape index (κ2) is 9.01. The number of methoxy groups -OCH3 is 1. The van der Waals surface area contributed by atoms with Gasteiger partial charge in [-0.05, 0) is 29.7 Å². The van der Waals surface area contributed by atoms with Gasteiger partial charge in [-0.15, -0.1) is 11.8 Å². The third-order valence-corrected chi connectivity index (χ3v) is 5.13. The zero-order valence-electron chi connectivity index (χ0n) is 12.2. The SMILES string of the molecule is COCCNCc1cc(Br)ccc1SC(C)C(C)C. The van der Waals surface area contributed by atoms with Gasteiger partial charge in [-0.2, -0.15) is 0 Å². The number of ether oxygens (including phenoxy) is 1. The summed E-state index contributed by atoms with van der Waals surface area (Å²) in [5.41, 5.74) is 1.35. The molecule has 0 amide bonds. The van der Waals surface area contributed by atoms with Gasteiger partial charge in [0.15, 0.2) is 0 Å². The van der Waals surface area contributed by atoms with Crippen LogP contribution in [0.25, 0.3) is 0 Å². The monoisotopic (exact) mass is 345 g/mol. The summed E-state index contributed by atoms with van der Waals surface area (Å²) in [7, 11) is 1.73. The van der Waals surface area contributed by atoms with E-state index in [0.29, 0.717) is 11.2 Å². The minimum atomic E-state index is 0.624. The van der Waals surface area contributed by atoms with E-state index >= 15 is 0 Å². The Hall–Kier alpha value is -0.0300. The van der Waals surface area contributed by atoms with Crippen LogP contribution in [0.2, 0.25) is 0 Å². The van der Waals surface area contributed by atoms with Crippen molar-refractivity contribution in [1.29, 1.82) is 0 Å². The quantitative estimate of drug-likeness (QED) is 0.559. The molecule has 19 heavy (non-hydrogen) atoms. The van der Waals surface area contributed by atoms with Gasteiger partial charge in [0.1, 0.15) is 0 Å². The lowest BCUT2D eigenvalue weighted by molar-refractivity contribution is 0.199. The highest BCUT2D eigenvalue weighted by Gasteiger charge is 2.12. The molecule has 108 valence electrons. The van der Waals surface area contributed by atoms with Crippen molar-refractivity contribution in [2.75, 3.05) is 20.3 Å². The minimum Gasteiger partial charge on any atom is -0.383 e. The van der Waals surface area contributed by atoms with Crippen LogP contribution in [-0.4, -0.2) is 25.5 Å². The topological polar surface area (TPSA) is 21.3 Å². The van der Waals surface area contributed by atoms with Gasteiger partial charge in [-0.1, -0.05) is 36.7 Å². The van der Waals surface area contributed by atoms with Crippen molar-refractivity contribution < 1.29 is 4.74 Å². The van der Waals surface area contributed by atoms with Crippen molar-refractivity contribution >= 4 is 27.7 Å². The Labute approximate surface area is 129 Å². The van der Waals surface area contributed by atoms with E-state index < -0.39 is 0 Å². The van der Waals surface area contributed by atoms with Crippen LogP contribution in [0, 0.1) is 5.92 Å². The maximum atomic E-state index is 5.05. The number of halogens is 1. The van der Waals surface area contributed by atoms with Crippen LogP contribution in [0.4, 0.5) is 0 Å². The molecular weight excluding hydrogens is 322 g/mol. The molecule has 1 N–H and O–H groups in total. The van der Waals surface area contributed by atoms with E-state index in [1.54, 1.807) is 7.11 Å². The van der Waals surface area contributed by atoms with Crippen LogP contribution < -0.4 is 5.32 Å². The third kappa shape index (κ3) is 6.30. The fourth-order valence-corrected chi connectivity index (χ4v) is 3.05. The first-order valence-corrected chi connectivity index (χ1v) is 8.36.